The molecular weight excluding hydrogens is 166 g/mol. The maximum atomic E-state index is 10.7. The smallest absolute Gasteiger partial charge is 0.411 e. The Bertz CT molecular complexity index is 334. The van der Waals surface area contributed by atoms with Gasteiger partial charge in [0.05, 0.1) is 0 Å². The number of benzene rings is 1. The number of nitrogens with zero attached hydrogens (tertiary/aromatic N) is 1. The van der Waals surface area contributed by atoms with Crippen molar-refractivity contribution >= 4 is 11.8 Å². The molecule has 0 aliphatic heterocycles. The summed E-state index contributed by atoms with van der Waals surface area (Å²) in [7, 11) is 1.54. The first kappa shape index (κ1) is 9.58. The van der Waals surface area contributed by atoms with Crippen molar-refractivity contribution in [3.8, 4) is 0 Å². The molecule has 0 aromatic heterocycles. The summed E-state index contributed by atoms with van der Waals surface area (Å²) < 4.78 is 0. The van der Waals surface area contributed by atoms with Gasteiger partial charge in [-0.25, -0.2) is 4.79 Å². The number of hydrogen-bond acceptors (Lipinski definition) is 1. The van der Waals surface area contributed by atoms with Gasteiger partial charge in [-0.1, -0.05) is 17.7 Å². The van der Waals surface area contributed by atoms with E-state index in [1.807, 2.05) is 32.0 Å². The predicted molar refractivity (Wildman–Crippen MR) is 52.3 cm³/mol. The highest BCUT2D eigenvalue weighted by Crippen LogP contribution is 2.19. The van der Waals surface area contributed by atoms with Gasteiger partial charge < -0.3 is 5.11 Å². The van der Waals surface area contributed by atoms with Crippen molar-refractivity contribution in [3.63, 3.8) is 0 Å². The molecule has 1 aromatic carbocycles. The lowest BCUT2D eigenvalue weighted by Crippen LogP contribution is -2.24. The fourth-order valence-electron chi connectivity index (χ4n) is 1.28. The van der Waals surface area contributed by atoms with E-state index in [2.05, 4.69) is 0 Å². The van der Waals surface area contributed by atoms with Crippen molar-refractivity contribution in [1.82, 2.24) is 0 Å². The molecule has 1 aromatic rings. The molecule has 3 heteroatoms. The average Bonchev–Trinajstić information content (AvgIpc) is 2.03. The Morgan fingerprint density at radius 2 is 2.00 bits per heavy atom. The number of anilines is 1. The number of rotatable bonds is 1. The SMILES string of the molecule is Cc1ccc(N(C)C(=O)O)c(C)c1. The van der Waals surface area contributed by atoms with E-state index < -0.39 is 6.09 Å². The summed E-state index contributed by atoms with van der Waals surface area (Å²) in [6.45, 7) is 3.89. The summed E-state index contributed by atoms with van der Waals surface area (Å²) in [5.41, 5.74) is 2.85. The van der Waals surface area contributed by atoms with Crippen LogP contribution >= 0.6 is 0 Å². The normalized spacial score (nSPS) is 9.77. The Labute approximate surface area is 77.6 Å². The highest BCUT2D eigenvalue weighted by Gasteiger charge is 2.09. The van der Waals surface area contributed by atoms with Crippen molar-refractivity contribution in [2.75, 3.05) is 11.9 Å². The van der Waals surface area contributed by atoms with E-state index in [9.17, 15) is 4.79 Å². The Balaban J connectivity index is 3.08. The van der Waals surface area contributed by atoms with Crippen LogP contribution in [-0.2, 0) is 0 Å². The number of carboxylic acid groups (broad SMARTS) is 1. The van der Waals surface area contributed by atoms with Crippen LogP contribution in [0.3, 0.4) is 0 Å². The number of aryl methyl sites for hydroxylation is 2. The molecule has 13 heavy (non-hydrogen) atoms. The third kappa shape index (κ3) is 1.99. The fraction of sp³-hybridized carbons (Fsp3) is 0.300. The quantitative estimate of drug-likeness (QED) is 0.719. The summed E-state index contributed by atoms with van der Waals surface area (Å²) in [4.78, 5) is 11.9. The van der Waals surface area contributed by atoms with Gasteiger partial charge in [-0.05, 0) is 25.5 Å². The van der Waals surface area contributed by atoms with Gasteiger partial charge in [0.15, 0.2) is 0 Å². The summed E-state index contributed by atoms with van der Waals surface area (Å²) in [6.07, 6.45) is -0.938. The molecule has 0 saturated carbocycles. The lowest BCUT2D eigenvalue weighted by molar-refractivity contribution is 0.203. The Hall–Kier alpha value is -1.51. The minimum atomic E-state index is -0.938. The first-order valence-corrected chi connectivity index (χ1v) is 4.06. The molecule has 0 bridgehead atoms. The molecule has 0 unspecified atom stereocenters. The number of amides is 1. The molecule has 0 fully saturated rings. The lowest BCUT2D eigenvalue weighted by atomic mass is 10.1. The van der Waals surface area contributed by atoms with E-state index in [-0.39, 0.29) is 0 Å². The van der Waals surface area contributed by atoms with E-state index in [1.54, 1.807) is 7.05 Å². The van der Waals surface area contributed by atoms with Crippen LogP contribution in [0.2, 0.25) is 0 Å². The standard InChI is InChI=1S/C10H13NO2/c1-7-4-5-9(8(2)6-7)11(3)10(12)13/h4-6H,1-3H3,(H,12,13). The van der Waals surface area contributed by atoms with E-state index in [4.69, 9.17) is 5.11 Å². The van der Waals surface area contributed by atoms with Crippen LogP contribution in [-0.4, -0.2) is 18.2 Å². The molecule has 1 amide bonds. The maximum absolute atomic E-state index is 10.7. The summed E-state index contributed by atoms with van der Waals surface area (Å²) in [5.74, 6) is 0. The maximum Gasteiger partial charge on any atom is 0.411 e. The summed E-state index contributed by atoms with van der Waals surface area (Å²) in [5, 5.41) is 8.76. The molecule has 3 nitrogen and oxygen atoms in total. The van der Waals surface area contributed by atoms with Crippen molar-refractivity contribution in [3.05, 3.63) is 29.3 Å². The van der Waals surface area contributed by atoms with Crippen molar-refractivity contribution in [2.24, 2.45) is 0 Å². The first-order valence-electron chi connectivity index (χ1n) is 4.06. The van der Waals surface area contributed by atoms with Crippen LogP contribution in [0.5, 0.6) is 0 Å². The molecular formula is C10H13NO2. The van der Waals surface area contributed by atoms with E-state index in [0.717, 1.165) is 16.8 Å². The van der Waals surface area contributed by atoms with Crippen LogP contribution in [0.4, 0.5) is 10.5 Å². The van der Waals surface area contributed by atoms with Gasteiger partial charge in [-0.2, -0.15) is 0 Å². The molecule has 0 radical (unpaired) electrons. The van der Waals surface area contributed by atoms with Crippen LogP contribution in [0.15, 0.2) is 18.2 Å². The molecule has 70 valence electrons. The molecule has 0 saturated heterocycles. The predicted octanol–water partition coefficient (Wildman–Crippen LogP) is 2.42. The van der Waals surface area contributed by atoms with Crippen LogP contribution in [0.25, 0.3) is 0 Å². The number of carbonyl (C=O) groups is 1. The van der Waals surface area contributed by atoms with Gasteiger partial charge in [0, 0.05) is 12.7 Å². The minimum Gasteiger partial charge on any atom is -0.465 e. The van der Waals surface area contributed by atoms with Crippen LogP contribution < -0.4 is 4.90 Å². The Morgan fingerprint density at radius 3 is 2.46 bits per heavy atom. The molecule has 0 spiro atoms. The van der Waals surface area contributed by atoms with Gasteiger partial charge in [-0.15, -0.1) is 0 Å². The summed E-state index contributed by atoms with van der Waals surface area (Å²) >= 11 is 0. The van der Waals surface area contributed by atoms with Gasteiger partial charge >= 0.3 is 6.09 Å². The Kier molecular flexibility index (Phi) is 2.56. The van der Waals surface area contributed by atoms with Crippen LogP contribution in [0.1, 0.15) is 11.1 Å². The van der Waals surface area contributed by atoms with E-state index in [0.29, 0.717) is 0 Å². The second-order valence-corrected chi connectivity index (χ2v) is 3.13. The van der Waals surface area contributed by atoms with Gasteiger partial charge in [0.25, 0.3) is 0 Å². The zero-order chi connectivity index (χ0) is 10.0. The summed E-state index contributed by atoms with van der Waals surface area (Å²) in [6, 6.07) is 5.69. The monoisotopic (exact) mass is 179 g/mol. The van der Waals surface area contributed by atoms with Crippen molar-refractivity contribution in [1.29, 1.82) is 0 Å². The molecule has 0 heterocycles. The molecule has 0 atom stereocenters. The van der Waals surface area contributed by atoms with E-state index >= 15 is 0 Å². The van der Waals surface area contributed by atoms with Crippen molar-refractivity contribution in [2.45, 2.75) is 13.8 Å². The third-order valence-corrected chi connectivity index (χ3v) is 2.00. The molecule has 0 aliphatic rings. The lowest BCUT2D eigenvalue weighted by Gasteiger charge is -2.15. The van der Waals surface area contributed by atoms with Crippen LogP contribution in [0, 0.1) is 13.8 Å². The second kappa shape index (κ2) is 3.47. The van der Waals surface area contributed by atoms with Gasteiger partial charge in [0.1, 0.15) is 0 Å². The average molecular weight is 179 g/mol. The highest BCUT2D eigenvalue weighted by atomic mass is 16.4. The zero-order valence-corrected chi connectivity index (χ0v) is 8.03. The Morgan fingerprint density at radius 1 is 1.38 bits per heavy atom. The minimum absolute atomic E-state index is 0.734. The topological polar surface area (TPSA) is 40.5 Å². The van der Waals surface area contributed by atoms with Gasteiger partial charge in [0.2, 0.25) is 0 Å². The number of hydrogen-bond donors (Lipinski definition) is 1. The van der Waals surface area contributed by atoms with E-state index in [1.165, 1.54) is 4.90 Å². The first-order chi connectivity index (χ1) is 6.02. The van der Waals surface area contributed by atoms with Gasteiger partial charge in [-0.3, -0.25) is 4.90 Å². The molecule has 0 aliphatic carbocycles. The largest absolute Gasteiger partial charge is 0.465 e. The second-order valence-electron chi connectivity index (χ2n) is 3.13. The molecule has 1 rings (SSSR count). The fourth-order valence-corrected chi connectivity index (χ4v) is 1.28. The highest BCUT2D eigenvalue weighted by molar-refractivity contribution is 5.86. The third-order valence-electron chi connectivity index (χ3n) is 2.00. The van der Waals surface area contributed by atoms with Crippen molar-refractivity contribution < 1.29 is 9.90 Å². The molecule has 1 N–H and O–H groups in total. The zero-order valence-electron chi connectivity index (χ0n) is 8.03.